The quantitative estimate of drug-likeness (QED) is 0.576. The minimum atomic E-state index is -0.704. The molecule has 3 N–H and O–H groups in total. The third-order valence-electron chi connectivity index (χ3n) is 3.85. The van der Waals surface area contributed by atoms with Crippen LogP contribution in [-0.4, -0.2) is 23.0 Å². The second kappa shape index (κ2) is 8.37. The molecule has 0 radical (unpaired) electrons. The van der Waals surface area contributed by atoms with E-state index in [9.17, 15) is 9.59 Å². The largest absolute Gasteiger partial charge is 0.326 e. The highest BCUT2D eigenvalue weighted by Gasteiger charge is 2.25. The fourth-order valence-electron chi connectivity index (χ4n) is 2.50. The molecule has 1 aromatic heterocycles. The van der Waals surface area contributed by atoms with Crippen LogP contribution in [0.15, 0.2) is 48.5 Å². The fourth-order valence-corrected chi connectivity index (χ4v) is 3.64. The molecule has 0 spiro atoms. The Bertz CT molecular complexity index is 959. The number of aromatic nitrogens is 1. The topological polar surface area (TPSA) is 83.1 Å². The van der Waals surface area contributed by atoms with Crippen LogP contribution in [0.5, 0.6) is 0 Å². The first-order valence-electron chi connectivity index (χ1n) is 8.42. The maximum atomic E-state index is 12.7. The van der Waals surface area contributed by atoms with Crippen molar-refractivity contribution in [1.82, 2.24) is 10.3 Å². The molecule has 0 aliphatic heterocycles. The maximum absolute atomic E-state index is 12.7. The minimum Gasteiger partial charge on any atom is -0.326 e. The summed E-state index contributed by atoms with van der Waals surface area (Å²) in [6.07, 6.45) is 0. The number of urea groups is 1. The molecule has 140 valence electrons. The van der Waals surface area contributed by atoms with Crippen molar-refractivity contribution >= 4 is 55.9 Å². The summed E-state index contributed by atoms with van der Waals surface area (Å²) in [5.41, 5.74) is 1.41. The molecular weight excluding hydrogens is 384 g/mol. The number of hydrogen-bond acceptors (Lipinski definition) is 4. The van der Waals surface area contributed by atoms with Crippen molar-refractivity contribution in [1.29, 1.82) is 0 Å². The van der Waals surface area contributed by atoms with E-state index in [0.29, 0.717) is 15.8 Å². The fraction of sp³-hybridized carbons (Fsp3) is 0.211. The predicted molar refractivity (Wildman–Crippen MR) is 110 cm³/mol. The number of carbonyl (C=O) groups excluding carboxylic acids is 2. The van der Waals surface area contributed by atoms with Gasteiger partial charge in [-0.25, -0.2) is 9.78 Å². The van der Waals surface area contributed by atoms with E-state index in [1.807, 2.05) is 32.0 Å². The van der Waals surface area contributed by atoms with E-state index in [0.717, 1.165) is 10.2 Å². The first-order chi connectivity index (χ1) is 12.9. The van der Waals surface area contributed by atoms with Crippen LogP contribution < -0.4 is 16.0 Å². The number of rotatable bonds is 5. The predicted octanol–water partition coefficient (Wildman–Crippen LogP) is 4.73. The minimum absolute atomic E-state index is 0.102. The van der Waals surface area contributed by atoms with Gasteiger partial charge in [-0.2, -0.15) is 0 Å². The molecule has 3 rings (SSSR count). The molecule has 3 aromatic rings. The normalized spacial score (nSPS) is 12.0. The van der Waals surface area contributed by atoms with E-state index >= 15 is 0 Å². The molecule has 8 heteroatoms. The molecule has 27 heavy (non-hydrogen) atoms. The molecule has 0 saturated carbocycles. The first-order valence-corrected chi connectivity index (χ1v) is 9.61. The average molecular weight is 403 g/mol. The number of nitrogens with zero attached hydrogens (tertiary/aromatic N) is 1. The van der Waals surface area contributed by atoms with Gasteiger partial charge in [0, 0.05) is 10.7 Å². The van der Waals surface area contributed by atoms with Gasteiger partial charge < -0.3 is 16.0 Å². The van der Waals surface area contributed by atoms with Crippen molar-refractivity contribution in [2.24, 2.45) is 5.92 Å². The van der Waals surface area contributed by atoms with Gasteiger partial charge >= 0.3 is 6.03 Å². The van der Waals surface area contributed by atoms with E-state index in [1.54, 1.807) is 30.3 Å². The van der Waals surface area contributed by atoms with Crippen LogP contribution in [0.3, 0.4) is 0 Å². The lowest BCUT2D eigenvalue weighted by Gasteiger charge is -2.21. The van der Waals surface area contributed by atoms with E-state index in [4.69, 9.17) is 11.6 Å². The number of carbonyl (C=O) groups is 2. The number of amides is 3. The Morgan fingerprint density at radius 2 is 1.81 bits per heavy atom. The zero-order valence-electron chi connectivity index (χ0n) is 14.8. The molecule has 2 aromatic carbocycles. The second-order valence-corrected chi connectivity index (χ2v) is 7.77. The molecule has 0 aliphatic rings. The summed E-state index contributed by atoms with van der Waals surface area (Å²) in [6, 6.07) is 13.3. The zero-order valence-corrected chi connectivity index (χ0v) is 16.4. The zero-order chi connectivity index (χ0) is 19.4. The van der Waals surface area contributed by atoms with Crippen molar-refractivity contribution in [2.75, 3.05) is 10.6 Å². The van der Waals surface area contributed by atoms with Crippen molar-refractivity contribution < 1.29 is 9.59 Å². The lowest BCUT2D eigenvalue weighted by atomic mass is 10.0. The molecule has 0 bridgehead atoms. The Morgan fingerprint density at radius 3 is 2.52 bits per heavy atom. The summed E-state index contributed by atoms with van der Waals surface area (Å²) >= 11 is 7.32. The van der Waals surface area contributed by atoms with Crippen molar-refractivity contribution in [3.63, 3.8) is 0 Å². The van der Waals surface area contributed by atoms with Crippen molar-refractivity contribution in [2.45, 2.75) is 19.9 Å². The summed E-state index contributed by atoms with van der Waals surface area (Å²) in [5.74, 6) is -0.422. The molecule has 0 saturated heterocycles. The van der Waals surface area contributed by atoms with Crippen LogP contribution in [-0.2, 0) is 4.79 Å². The van der Waals surface area contributed by atoms with Crippen molar-refractivity contribution in [3.8, 4) is 0 Å². The second-order valence-electron chi connectivity index (χ2n) is 6.31. The van der Waals surface area contributed by atoms with E-state index in [2.05, 4.69) is 20.9 Å². The highest BCUT2D eigenvalue weighted by Crippen LogP contribution is 2.28. The Balaban J connectivity index is 1.68. The Kier molecular flexibility index (Phi) is 5.93. The molecule has 1 unspecified atom stereocenters. The summed E-state index contributed by atoms with van der Waals surface area (Å²) in [7, 11) is 0. The molecule has 3 amide bonds. The molecule has 1 atom stereocenters. The number of benzene rings is 2. The number of fused-ring (bicyclic) bond motifs is 1. The Morgan fingerprint density at radius 1 is 1.07 bits per heavy atom. The summed E-state index contributed by atoms with van der Waals surface area (Å²) < 4.78 is 0.883. The SMILES string of the molecule is CC(C)C(NC(=O)Nc1ccccc1)C(=O)Nc1nc2ccc(Cl)cc2s1. The molecule has 0 aliphatic carbocycles. The smallest absolute Gasteiger partial charge is 0.319 e. The van der Waals surface area contributed by atoms with Crippen LogP contribution in [0.25, 0.3) is 10.2 Å². The third kappa shape index (κ3) is 4.96. The number of nitrogens with one attached hydrogen (secondary N) is 3. The highest BCUT2D eigenvalue weighted by atomic mass is 35.5. The lowest BCUT2D eigenvalue weighted by Crippen LogP contribution is -2.48. The van der Waals surface area contributed by atoms with Crippen LogP contribution >= 0.6 is 22.9 Å². The molecular formula is C19H19ClN4O2S. The summed E-state index contributed by atoms with van der Waals surface area (Å²) in [5, 5.41) is 9.30. The number of para-hydroxylation sites is 1. The standard InChI is InChI=1S/C19H19ClN4O2S/c1-11(2)16(23-18(26)21-13-6-4-3-5-7-13)17(25)24-19-22-14-9-8-12(20)10-15(14)27-19/h3-11,16H,1-2H3,(H2,21,23,26)(H,22,24,25). The first kappa shape index (κ1) is 19.1. The van der Waals surface area contributed by atoms with Crippen molar-refractivity contribution in [3.05, 3.63) is 53.6 Å². The van der Waals surface area contributed by atoms with Gasteiger partial charge in [0.05, 0.1) is 10.2 Å². The van der Waals surface area contributed by atoms with Crippen LogP contribution in [0.1, 0.15) is 13.8 Å². The number of anilines is 2. The Hall–Kier alpha value is -2.64. The molecule has 1 heterocycles. The third-order valence-corrected chi connectivity index (χ3v) is 5.02. The van der Waals surface area contributed by atoms with Crippen LogP contribution in [0.4, 0.5) is 15.6 Å². The maximum Gasteiger partial charge on any atom is 0.319 e. The van der Waals surface area contributed by atoms with Crippen LogP contribution in [0.2, 0.25) is 5.02 Å². The molecule has 6 nitrogen and oxygen atoms in total. The summed E-state index contributed by atoms with van der Waals surface area (Å²) in [6.45, 7) is 3.73. The van der Waals surface area contributed by atoms with Gasteiger partial charge in [0.2, 0.25) is 5.91 Å². The average Bonchev–Trinajstić information content (AvgIpc) is 3.01. The molecule has 0 fully saturated rings. The van der Waals surface area contributed by atoms with Crippen LogP contribution in [0, 0.1) is 5.92 Å². The Labute approximate surface area is 165 Å². The highest BCUT2D eigenvalue weighted by molar-refractivity contribution is 7.22. The monoisotopic (exact) mass is 402 g/mol. The van der Waals surface area contributed by atoms with Gasteiger partial charge in [0.1, 0.15) is 6.04 Å². The van der Waals surface area contributed by atoms with E-state index < -0.39 is 12.1 Å². The number of halogens is 1. The van der Waals surface area contributed by atoms with Gasteiger partial charge in [-0.15, -0.1) is 0 Å². The van der Waals surface area contributed by atoms with E-state index in [1.165, 1.54) is 11.3 Å². The summed E-state index contributed by atoms with van der Waals surface area (Å²) in [4.78, 5) is 29.3. The van der Waals surface area contributed by atoms with Gasteiger partial charge in [-0.05, 0) is 36.2 Å². The van der Waals surface area contributed by atoms with Gasteiger partial charge in [0.25, 0.3) is 0 Å². The van der Waals surface area contributed by atoms with E-state index in [-0.39, 0.29) is 11.8 Å². The number of thiazole rings is 1. The number of hydrogen-bond donors (Lipinski definition) is 3. The van der Waals surface area contributed by atoms with Gasteiger partial charge in [-0.1, -0.05) is 55.0 Å². The lowest BCUT2D eigenvalue weighted by molar-refractivity contribution is -0.118. The van der Waals surface area contributed by atoms with Gasteiger partial charge in [-0.3, -0.25) is 4.79 Å². The van der Waals surface area contributed by atoms with Gasteiger partial charge in [0.15, 0.2) is 5.13 Å².